The predicted octanol–water partition coefficient (Wildman–Crippen LogP) is 2.08. The molecule has 2 aliphatic heterocycles. The third-order valence-electron chi connectivity index (χ3n) is 4.52. The lowest BCUT2D eigenvalue weighted by molar-refractivity contribution is 0.0853. The number of ether oxygens (including phenoxy) is 1. The summed E-state index contributed by atoms with van der Waals surface area (Å²) in [5.74, 6) is 0.395. The summed E-state index contributed by atoms with van der Waals surface area (Å²) in [6.07, 6.45) is 4.80. The molecule has 4 rings (SSSR count). The second-order valence-electron chi connectivity index (χ2n) is 6.12. The number of nitrogens with one attached hydrogen (secondary N) is 1. The van der Waals surface area contributed by atoms with E-state index in [1.807, 2.05) is 12.1 Å². The van der Waals surface area contributed by atoms with Crippen LogP contribution in [0.5, 0.6) is 0 Å². The third-order valence-corrected chi connectivity index (χ3v) is 4.52. The van der Waals surface area contributed by atoms with Crippen LogP contribution in [0.4, 0.5) is 11.6 Å². The highest BCUT2D eigenvalue weighted by molar-refractivity contribution is 5.92. The molecule has 1 unspecified atom stereocenters. The third kappa shape index (κ3) is 2.97. The average Bonchev–Trinajstić information content (AvgIpc) is 3.29. The first-order chi connectivity index (χ1) is 11.8. The minimum Gasteiger partial charge on any atom is -0.376 e. The number of hydrogen-bond acceptors (Lipinski definition) is 5. The molecule has 24 heavy (non-hydrogen) atoms. The number of carbonyl (C=O) groups is 1. The highest BCUT2D eigenvalue weighted by atomic mass is 16.5. The van der Waals surface area contributed by atoms with Crippen LogP contribution in [0.15, 0.2) is 36.5 Å². The first-order valence-corrected chi connectivity index (χ1v) is 8.39. The Kier molecular flexibility index (Phi) is 4.13. The summed E-state index contributed by atoms with van der Waals surface area (Å²) in [6.45, 7) is 2.15. The van der Waals surface area contributed by atoms with Gasteiger partial charge in [-0.1, -0.05) is 18.2 Å². The summed E-state index contributed by atoms with van der Waals surface area (Å²) in [4.78, 5) is 23.2. The van der Waals surface area contributed by atoms with Crippen LogP contribution in [0.25, 0.3) is 0 Å². The molecule has 1 aromatic carbocycles. The van der Waals surface area contributed by atoms with Gasteiger partial charge >= 0.3 is 0 Å². The maximum Gasteiger partial charge on any atom is 0.270 e. The normalized spacial score (nSPS) is 19.3. The van der Waals surface area contributed by atoms with E-state index in [1.165, 1.54) is 5.56 Å². The summed E-state index contributed by atoms with van der Waals surface area (Å²) in [7, 11) is 0. The van der Waals surface area contributed by atoms with Crippen LogP contribution >= 0.6 is 0 Å². The lowest BCUT2D eigenvalue weighted by Crippen LogP contribution is -2.32. The van der Waals surface area contributed by atoms with E-state index in [0.29, 0.717) is 18.2 Å². The summed E-state index contributed by atoms with van der Waals surface area (Å²) < 4.78 is 5.53. The van der Waals surface area contributed by atoms with Gasteiger partial charge in [-0.05, 0) is 37.0 Å². The van der Waals surface area contributed by atoms with E-state index < -0.39 is 0 Å². The van der Waals surface area contributed by atoms with Gasteiger partial charge in [-0.2, -0.15) is 0 Å². The zero-order valence-corrected chi connectivity index (χ0v) is 13.4. The van der Waals surface area contributed by atoms with Crippen LogP contribution in [0.1, 0.15) is 28.9 Å². The molecule has 0 bridgehead atoms. The molecule has 6 heteroatoms. The number of fused-ring (bicyclic) bond motifs is 1. The molecule has 6 nitrogen and oxygen atoms in total. The van der Waals surface area contributed by atoms with Crippen molar-refractivity contribution in [3.8, 4) is 0 Å². The molecule has 1 saturated heterocycles. The van der Waals surface area contributed by atoms with Gasteiger partial charge in [0.2, 0.25) is 5.95 Å². The molecule has 0 spiro atoms. The number of rotatable bonds is 4. The van der Waals surface area contributed by atoms with Crippen LogP contribution in [-0.2, 0) is 11.2 Å². The van der Waals surface area contributed by atoms with E-state index >= 15 is 0 Å². The number of amides is 1. The second-order valence-corrected chi connectivity index (χ2v) is 6.12. The van der Waals surface area contributed by atoms with Crippen LogP contribution in [0, 0.1) is 0 Å². The fourth-order valence-corrected chi connectivity index (χ4v) is 3.25. The molecule has 3 heterocycles. The van der Waals surface area contributed by atoms with Crippen molar-refractivity contribution in [2.45, 2.75) is 25.4 Å². The highest BCUT2D eigenvalue weighted by Crippen LogP contribution is 2.32. The Morgan fingerprint density at radius 3 is 3.12 bits per heavy atom. The molecule has 1 fully saturated rings. The molecule has 2 aromatic rings. The van der Waals surface area contributed by atoms with Crippen molar-refractivity contribution in [1.29, 1.82) is 0 Å². The summed E-state index contributed by atoms with van der Waals surface area (Å²) in [6, 6.07) is 9.88. The van der Waals surface area contributed by atoms with E-state index in [1.54, 1.807) is 12.3 Å². The van der Waals surface area contributed by atoms with Gasteiger partial charge in [0.05, 0.1) is 6.10 Å². The van der Waals surface area contributed by atoms with Gasteiger partial charge in [0.25, 0.3) is 5.91 Å². The summed E-state index contributed by atoms with van der Waals surface area (Å²) >= 11 is 0. The topological polar surface area (TPSA) is 67.3 Å². The minimum absolute atomic E-state index is 0.126. The zero-order valence-electron chi connectivity index (χ0n) is 13.4. The molecule has 0 aliphatic carbocycles. The molecular formula is C18H20N4O2. The Morgan fingerprint density at radius 1 is 1.33 bits per heavy atom. The Morgan fingerprint density at radius 2 is 2.25 bits per heavy atom. The molecule has 0 saturated carbocycles. The van der Waals surface area contributed by atoms with Crippen LogP contribution < -0.4 is 10.2 Å². The van der Waals surface area contributed by atoms with Crippen LogP contribution in [0.3, 0.4) is 0 Å². The lowest BCUT2D eigenvalue weighted by atomic mass is 10.2. The van der Waals surface area contributed by atoms with E-state index in [0.717, 1.165) is 38.1 Å². The summed E-state index contributed by atoms with van der Waals surface area (Å²) in [5.41, 5.74) is 2.80. The Bertz CT molecular complexity index is 743. The van der Waals surface area contributed by atoms with Crippen molar-refractivity contribution in [3.63, 3.8) is 0 Å². The molecule has 1 atom stereocenters. The average molecular weight is 324 g/mol. The Hall–Kier alpha value is -2.47. The maximum atomic E-state index is 12.3. The number of hydrogen-bond donors (Lipinski definition) is 1. The Balaban J connectivity index is 1.48. The predicted molar refractivity (Wildman–Crippen MR) is 90.5 cm³/mol. The molecule has 1 aromatic heterocycles. The number of aromatic nitrogens is 2. The van der Waals surface area contributed by atoms with Crippen LogP contribution in [-0.4, -0.2) is 41.7 Å². The summed E-state index contributed by atoms with van der Waals surface area (Å²) in [5, 5.41) is 2.91. The fraction of sp³-hybridized carbons (Fsp3) is 0.389. The van der Waals surface area contributed by atoms with Crippen molar-refractivity contribution in [2.75, 3.05) is 24.6 Å². The molecule has 0 radical (unpaired) electrons. The number of nitrogens with zero attached hydrogens (tertiary/aromatic N) is 3. The second kappa shape index (κ2) is 6.57. The number of para-hydroxylation sites is 1. The minimum atomic E-state index is -0.179. The standard InChI is InChI=1S/C18H20N4O2/c23-17(20-12-14-5-3-11-24-14)15-7-9-19-18(21-15)22-10-8-13-4-1-2-6-16(13)22/h1-2,4,6-7,9,14H,3,5,8,10-12H2,(H,20,23). The van der Waals surface area contributed by atoms with Gasteiger partial charge in [-0.25, -0.2) is 9.97 Å². The number of carbonyl (C=O) groups excluding carboxylic acids is 1. The van der Waals surface area contributed by atoms with Crippen molar-refractivity contribution in [1.82, 2.24) is 15.3 Å². The number of benzene rings is 1. The van der Waals surface area contributed by atoms with Crippen LogP contribution in [0.2, 0.25) is 0 Å². The van der Waals surface area contributed by atoms with Crippen molar-refractivity contribution < 1.29 is 9.53 Å². The van der Waals surface area contributed by atoms with E-state index in [-0.39, 0.29) is 12.0 Å². The quantitative estimate of drug-likeness (QED) is 0.932. The molecule has 1 amide bonds. The van der Waals surface area contributed by atoms with Gasteiger partial charge in [-0.15, -0.1) is 0 Å². The van der Waals surface area contributed by atoms with E-state index in [9.17, 15) is 4.79 Å². The van der Waals surface area contributed by atoms with Gasteiger partial charge in [0.15, 0.2) is 0 Å². The van der Waals surface area contributed by atoms with E-state index in [4.69, 9.17) is 4.74 Å². The maximum absolute atomic E-state index is 12.3. The van der Waals surface area contributed by atoms with E-state index in [2.05, 4.69) is 32.3 Å². The molecular weight excluding hydrogens is 304 g/mol. The molecule has 2 aliphatic rings. The van der Waals surface area contributed by atoms with Gasteiger partial charge in [0.1, 0.15) is 5.69 Å². The fourth-order valence-electron chi connectivity index (χ4n) is 3.25. The highest BCUT2D eigenvalue weighted by Gasteiger charge is 2.23. The lowest BCUT2D eigenvalue weighted by Gasteiger charge is -2.17. The monoisotopic (exact) mass is 324 g/mol. The van der Waals surface area contributed by atoms with Crippen molar-refractivity contribution >= 4 is 17.5 Å². The largest absolute Gasteiger partial charge is 0.376 e. The SMILES string of the molecule is O=C(NCC1CCCO1)c1ccnc(N2CCc3ccccc32)n1. The smallest absolute Gasteiger partial charge is 0.270 e. The number of anilines is 2. The zero-order chi connectivity index (χ0) is 16.4. The Labute approximate surface area is 140 Å². The first-order valence-electron chi connectivity index (χ1n) is 8.39. The first kappa shape index (κ1) is 15.1. The molecule has 1 N–H and O–H groups in total. The van der Waals surface area contributed by atoms with Gasteiger partial charge < -0.3 is 15.0 Å². The van der Waals surface area contributed by atoms with Crippen molar-refractivity contribution in [2.24, 2.45) is 0 Å². The van der Waals surface area contributed by atoms with Gasteiger partial charge in [0, 0.05) is 31.6 Å². The molecule has 124 valence electrons. The van der Waals surface area contributed by atoms with Gasteiger partial charge in [-0.3, -0.25) is 4.79 Å². The van der Waals surface area contributed by atoms with Crippen molar-refractivity contribution in [3.05, 3.63) is 47.8 Å².